The largest absolute Gasteiger partial charge is 0.476 e. The van der Waals surface area contributed by atoms with Gasteiger partial charge in [-0.05, 0) is 68.0 Å². The first-order chi connectivity index (χ1) is 19.3. The van der Waals surface area contributed by atoms with Gasteiger partial charge in [0.25, 0.3) is 10.0 Å². The van der Waals surface area contributed by atoms with Crippen LogP contribution < -0.4 is 0 Å². The second-order valence-electron chi connectivity index (χ2n) is 9.83. The monoisotopic (exact) mass is 560 g/mol. The van der Waals surface area contributed by atoms with Crippen molar-refractivity contribution in [2.45, 2.75) is 49.5 Å². The third kappa shape index (κ3) is 4.86. The maximum Gasteiger partial charge on any atom is 0.358 e. The SMILES string of the molecule is O=C(O)c1cn(CCCCc2cc3c(-c4ccc(F)cc4)c(C4CC4)n(S(=O)(=O)c4ccccc4)c3nn2)nn1. The van der Waals surface area contributed by atoms with E-state index in [0.29, 0.717) is 42.6 Å². The smallest absolute Gasteiger partial charge is 0.358 e. The van der Waals surface area contributed by atoms with Crippen LogP contribution in [0.4, 0.5) is 4.39 Å². The standard InChI is InChI=1S/C28H25FN6O4S/c29-20-13-11-18(12-14-20)25-23-16-21(6-4-5-15-34-17-24(28(36)37)31-33-34)30-32-27(23)35(26(25)19-9-10-19)40(38,39)22-7-2-1-3-8-22/h1-3,7-8,11-14,16-17,19H,4-6,9-10,15H2,(H,36,37). The van der Waals surface area contributed by atoms with Gasteiger partial charge >= 0.3 is 5.97 Å². The number of aryl methyl sites for hydroxylation is 2. The Kier molecular flexibility index (Phi) is 6.62. The first kappa shape index (κ1) is 25.8. The molecule has 0 aliphatic heterocycles. The summed E-state index contributed by atoms with van der Waals surface area (Å²) in [6, 6.07) is 16.2. The number of aromatic nitrogens is 6. The van der Waals surface area contributed by atoms with Crippen LogP contribution in [0.3, 0.4) is 0 Å². The predicted molar refractivity (Wildman–Crippen MR) is 144 cm³/mol. The number of rotatable bonds is 10. The second kappa shape index (κ2) is 10.3. The molecule has 40 heavy (non-hydrogen) atoms. The van der Waals surface area contributed by atoms with Gasteiger partial charge in [0.1, 0.15) is 5.82 Å². The maximum atomic E-state index is 14.0. The molecular weight excluding hydrogens is 535 g/mol. The van der Waals surface area contributed by atoms with Gasteiger partial charge in [0, 0.05) is 29.1 Å². The molecule has 6 rings (SSSR count). The molecule has 1 aliphatic carbocycles. The summed E-state index contributed by atoms with van der Waals surface area (Å²) in [4.78, 5) is 11.2. The molecule has 0 amide bonds. The van der Waals surface area contributed by atoms with E-state index >= 15 is 0 Å². The zero-order chi connectivity index (χ0) is 27.9. The maximum absolute atomic E-state index is 14.0. The Bertz CT molecular complexity index is 1810. The Morgan fingerprint density at radius 2 is 1.75 bits per heavy atom. The molecule has 1 N–H and O–H groups in total. The van der Waals surface area contributed by atoms with Crippen molar-refractivity contribution in [1.29, 1.82) is 0 Å². The van der Waals surface area contributed by atoms with E-state index in [-0.39, 0.29) is 28.0 Å². The number of halogens is 1. The Balaban J connectivity index is 1.39. The Hall–Kier alpha value is -4.45. The first-order valence-electron chi connectivity index (χ1n) is 12.9. The van der Waals surface area contributed by atoms with Gasteiger partial charge in [-0.2, -0.15) is 5.10 Å². The minimum Gasteiger partial charge on any atom is -0.476 e. The number of nitrogens with zero attached hydrogens (tertiary/aromatic N) is 6. The number of unbranched alkanes of at least 4 members (excludes halogenated alkanes) is 1. The molecular formula is C28H25FN6O4S. The van der Waals surface area contributed by atoms with E-state index in [1.54, 1.807) is 42.5 Å². The van der Waals surface area contributed by atoms with Crippen molar-refractivity contribution in [1.82, 2.24) is 29.2 Å². The van der Waals surface area contributed by atoms with Crippen molar-refractivity contribution < 1.29 is 22.7 Å². The summed E-state index contributed by atoms with van der Waals surface area (Å²) in [6.07, 6.45) is 5.07. The van der Waals surface area contributed by atoms with Crippen LogP contribution in [-0.4, -0.2) is 48.7 Å². The van der Waals surface area contributed by atoms with E-state index < -0.39 is 16.0 Å². The molecule has 1 aliphatic rings. The number of fused-ring (bicyclic) bond motifs is 1. The summed E-state index contributed by atoms with van der Waals surface area (Å²) in [7, 11) is -3.98. The van der Waals surface area contributed by atoms with Crippen molar-refractivity contribution in [3.05, 3.63) is 89.8 Å². The predicted octanol–water partition coefficient (Wildman–Crippen LogP) is 4.66. The summed E-state index contributed by atoms with van der Waals surface area (Å²) in [6.45, 7) is 0.494. The van der Waals surface area contributed by atoms with E-state index in [1.165, 1.54) is 27.0 Å². The van der Waals surface area contributed by atoms with Gasteiger partial charge in [-0.3, -0.25) is 4.68 Å². The lowest BCUT2D eigenvalue weighted by Gasteiger charge is -2.12. The molecule has 1 saturated carbocycles. The minimum absolute atomic E-state index is 0.0366. The minimum atomic E-state index is -3.98. The quantitative estimate of drug-likeness (QED) is 0.244. The molecule has 204 valence electrons. The normalized spacial score (nSPS) is 13.6. The van der Waals surface area contributed by atoms with Gasteiger partial charge in [0.05, 0.1) is 16.8 Å². The van der Waals surface area contributed by atoms with Gasteiger partial charge in [-0.15, -0.1) is 10.2 Å². The summed E-state index contributed by atoms with van der Waals surface area (Å²) >= 11 is 0. The lowest BCUT2D eigenvalue weighted by Crippen LogP contribution is -2.16. The van der Waals surface area contributed by atoms with Gasteiger partial charge in [0.2, 0.25) is 0 Å². The zero-order valence-corrected chi connectivity index (χ0v) is 22.1. The van der Waals surface area contributed by atoms with Gasteiger partial charge in [0.15, 0.2) is 11.3 Å². The molecule has 5 aromatic rings. The topological polar surface area (TPSA) is 133 Å². The number of hydrogen-bond acceptors (Lipinski definition) is 7. The molecule has 0 radical (unpaired) electrons. The first-order valence-corrected chi connectivity index (χ1v) is 14.4. The highest BCUT2D eigenvalue weighted by Crippen LogP contribution is 2.49. The van der Waals surface area contributed by atoms with Crippen molar-refractivity contribution in [2.24, 2.45) is 0 Å². The third-order valence-electron chi connectivity index (χ3n) is 6.97. The van der Waals surface area contributed by atoms with Crippen molar-refractivity contribution in [3.8, 4) is 11.1 Å². The Morgan fingerprint density at radius 3 is 2.42 bits per heavy atom. The van der Waals surface area contributed by atoms with E-state index in [0.717, 1.165) is 24.0 Å². The number of carboxylic acid groups (broad SMARTS) is 1. The van der Waals surface area contributed by atoms with Crippen LogP contribution in [0.2, 0.25) is 0 Å². The van der Waals surface area contributed by atoms with Crippen LogP contribution in [0.1, 0.15) is 53.5 Å². The fraction of sp³-hybridized carbons (Fsp3) is 0.250. The Labute approximate surface area is 229 Å². The summed E-state index contributed by atoms with van der Waals surface area (Å²) in [5.41, 5.74) is 2.94. The number of carboxylic acids is 1. The molecule has 3 aromatic heterocycles. The van der Waals surface area contributed by atoms with Crippen molar-refractivity contribution in [2.75, 3.05) is 0 Å². The average molecular weight is 561 g/mol. The summed E-state index contributed by atoms with van der Waals surface area (Å²) in [5, 5.41) is 25.9. The van der Waals surface area contributed by atoms with Crippen LogP contribution in [0.25, 0.3) is 22.2 Å². The highest BCUT2D eigenvalue weighted by atomic mass is 32.2. The molecule has 0 bridgehead atoms. The third-order valence-corrected chi connectivity index (χ3v) is 8.69. The lowest BCUT2D eigenvalue weighted by molar-refractivity contribution is 0.0690. The molecule has 1 fully saturated rings. The van der Waals surface area contributed by atoms with Gasteiger partial charge in [-0.1, -0.05) is 35.5 Å². The Morgan fingerprint density at radius 1 is 1.00 bits per heavy atom. The lowest BCUT2D eigenvalue weighted by atomic mass is 10.00. The number of benzene rings is 2. The molecule has 2 aromatic carbocycles. The summed E-state index contributed by atoms with van der Waals surface area (Å²) < 4.78 is 44.6. The number of hydrogen-bond donors (Lipinski definition) is 1. The van der Waals surface area contributed by atoms with Crippen LogP contribution in [0.5, 0.6) is 0 Å². The highest BCUT2D eigenvalue weighted by Gasteiger charge is 2.37. The molecule has 0 unspecified atom stereocenters. The van der Waals surface area contributed by atoms with Crippen LogP contribution in [0.15, 0.2) is 71.8 Å². The molecule has 0 atom stereocenters. The van der Waals surface area contributed by atoms with Crippen molar-refractivity contribution in [3.63, 3.8) is 0 Å². The van der Waals surface area contributed by atoms with Crippen molar-refractivity contribution >= 4 is 27.0 Å². The van der Waals surface area contributed by atoms with E-state index in [9.17, 15) is 17.6 Å². The van der Waals surface area contributed by atoms with Gasteiger partial charge in [-0.25, -0.2) is 21.6 Å². The second-order valence-corrected chi connectivity index (χ2v) is 11.6. The van der Waals surface area contributed by atoms with E-state index in [2.05, 4.69) is 20.5 Å². The fourth-order valence-corrected chi connectivity index (χ4v) is 6.48. The van der Waals surface area contributed by atoms with Crippen LogP contribution in [-0.2, 0) is 23.0 Å². The molecule has 10 nitrogen and oxygen atoms in total. The molecule has 0 saturated heterocycles. The molecule has 3 heterocycles. The average Bonchev–Trinajstić information content (AvgIpc) is 3.58. The number of aromatic carboxylic acids is 1. The highest BCUT2D eigenvalue weighted by molar-refractivity contribution is 7.90. The molecule has 12 heteroatoms. The van der Waals surface area contributed by atoms with E-state index in [4.69, 9.17) is 5.11 Å². The number of carbonyl (C=O) groups is 1. The summed E-state index contributed by atoms with van der Waals surface area (Å²) in [5.74, 6) is -1.46. The van der Waals surface area contributed by atoms with E-state index in [1.807, 2.05) is 6.07 Å². The van der Waals surface area contributed by atoms with Crippen LogP contribution in [0, 0.1) is 5.82 Å². The van der Waals surface area contributed by atoms with Gasteiger partial charge < -0.3 is 5.11 Å². The molecule has 0 spiro atoms. The fourth-order valence-electron chi connectivity index (χ4n) is 4.91. The zero-order valence-electron chi connectivity index (χ0n) is 21.3. The van der Waals surface area contributed by atoms with Crippen LogP contribution >= 0.6 is 0 Å².